The average Bonchev–Trinajstić information content (AvgIpc) is 2.63. The fraction of sp³-hybridized carbons (Fsp3) is 0.350. The van der Waals surface area contributed by atoms with E-state index in [0.29, 0.717) is 10.7 Å². The monoisotopic (exact) mass is 372 g/mol. The molecule has 2 N–H and O–H groups in total. The Morgan fingerprint density at radius 3 is 2.50 bits per heavy atom. The van der Waals surface area contributed by atoms with Crippen LogP contribution in [0.2, 0.25) is 5.02 Å². The van der Waals surface area contributed by atoms with E-state index in [-0.39, 0.29) is 6.03 Å². The number of hydrogen-bond donors (Lipinski definition) is 2. The highest BCUT2D eigenvalue weighted by Crippen LogP contribution is 2.24. The largest absolute Gasteiger partial charge is 0.369 e. The second kappa shape index (κ2) is 8.43. The Bertz CT molecular complexity index is 772. The van der Waals surface area contributed by atoms with E-state index in [1.54, 1.807) is 24.3 Å². The van der Waals surface area contributed by atoms with Crippen LogP contribution in [0.3, 0.4) is 0 Å². The van der Waals surface area contributed by atoms with Crippen molar-refractivity contribution in [3.63, 3.8) is 0 Å². The molecule has 1 heterocycles. The zero-order chi connectivity index (χ0) is 18.5. The van der Waals surface area contributed by atoms with Gasteiger partial charge < -0.3 is 20.4 Å². The summed E-state index contributed by atoms with van der Waals surface area (Å²) in [5.41, 5.74) is 3.72. The minimum absolute atomic E-state index is 0.278. The molecular formula is C20H25ClN4O. The molecule has 138 valence electrons. The zero-order valence-electron chi connectivity index (χ0n) is 15.3. The van der Waals surface area contributed by atoms with Crippen LogP contribution >= 0.6 is 11.6 Å². The van der Waals surface area contributed by atoms with Gasteiger partial charge in [0.1, 0.15) is 0 Å². The molecule has 0 unspecified atom stereocenters. The SMILES string of the molecule is CCN1CCN(c2ccc(NC(=O)Nc3cccc(Cl)c3)c(C)c2)CC1. The van der Waals surface area contributed by atoms with Gasteiger partial charge in [0.05, 0.1) is 0 Å². The first-order chi connectivity index (χ1) is 12.5. The number of piperazine rings is 1. The summed E-state index contributed by atoms with van der Waals surface area (Å²) < 4.78 is 0. The summed E-state index contributed by atoms with van der Waals surface area (Å²) in [4.78, 5) is 17.1. The number of halogens is 1. The number of aryl methyl sites for hydroxylation is 1. The number of hydrogen-bond acceptors (Lipinski definition) is 3. The normalized spacial score (nSPS) is 15.0. The van der Waals surface area contributed by atoms with E-state index < -0.39 is 0 Å². The topological polar surface area (TPSA) is 47.6 Å². The van der Waals surface area contributed by atoms with Crippen molar-refractivity contribution in [2.24, 2.45) is 0 Å². The molecule has 0 atom stereocenters. The second-order valence-corrected chi connectivity index (χ2v) is 6.95. The van der Waals surface area contributed by atoms with Crippen molar-refractivity contribution in [2.45, 2.75) is 13.8 Å². The third kappa shape index (κ3) is 4.68. The molecule has 0 aromatic heterocycles. The Balaban J connectivity index is 1.61. The number of benzene rings is 2. The van der Waals surface area contributed by atoms with Crippen LogP contribution in [0, 0.1) is 6.92 Å². The van der Waals surface area contributed by atoms with Crippen LogP contribution in [0.4, 0.5) is 21.9 Å². The van der Waals surface area contributed by atoms with Gasteiger partial charge in [-0.05, 0) is 55.4 Å². The lowest BCUT2D eigenvalue weighted by Gasteiger charge is -2.35. The van der Waals surface area contributed by atoms with Gasteiger partial charge in [0, 0.05) is 48.3 Å². The van der Waals surface area contributed by atoms with Crippen LogP contribution < -0.4 is 15.5 Å². The Hall–Kier alpha value is -2.24. The standard InChI is InChI=1S/C20H25ClN4O/c1-3-24-9-11-25(12-10-24)18-7-8-19(15(2)13-18)23-20(26)22-17-6-4-5-16(21)14-17/h4-8,13-14H,3,9-12H2,1-2H3,(H2,22,23,26). The first-order valence-corrected chi connectivity index (χ1v) is 9.34. The van der Waals surface area contributed by atoms with Gasteiger partial charge in [0.15, 0.2) is 0 Å². The van der Waals surface area contributed by atoms with Crippen LogP contribution in [0.15, 0.2) is 42.5 Å². The summed E-state index contributed by atoms with van der Waals surface area (Å²) in [5.74, 6) is 0. The molecule has 0 bridgehead atoms. The number of likely N-dealkylation sites (N-methyl/N-ethyl adjacent to an activating group) is 1. The van der Waals surface area contributed by atoms with E-state index in [1.807, 2.05) is 13.0 Å². The zero-order valence-corrected chi connectivity index (χ0v) is 16.0. The second-order valence-electron chi connectivity index (χ2n) is 6.51. The molecular weight excluding hydrogens is 348 g/mol. The van der Waals surface area contributed by atoms with Gasteiger partial charge in [-0.25, -0.2) is 4.79 Å². The highest BCUT2D eigenvalue weighted by atomic mass is 35.5. The summed E-state index contributed by atoms with van der Waals surface area (Å²) in [7, 11) is 0. The van der Waals surface area contributed by atoms with Gasteiger partial charge in [-0.1, -0.05) is 24.6 Å². The Labute approximate surface area is 159 Å². The highest BCUT2D eigenvalue weighted by Gasteiger charge is 2.16. The lowest BCUT2D eigenvalue weighted by atomic mass is 10.1. The number of urea groups is 1. The van der Waals surface area contributed by atoms with Crippen molar-refractivity contribution >= 4 is 34.7 Å². The quantitative estimate of drug-likeness (QED) is 0.834. The molecule has 0 saturated carbocycles. The van der Waals surface area contributed by atoms with E-state index in [4.69, 9.17) is 11.6 Å². The maximum Gasteiger partial charge on any atom is 0.323 e. The van der Waals surface area contributed by atoms with Crippen molar-refractivity contribution in [1.29, 1.82) is 0 Å². The molecule has 0 spiro atoms. The molecule has 26 heavy (non-hydrogen) atoms. The lowest BCUT2D eigenvalue weighted by Crippen LogP contribution is -2.46. The maximum atomic E-state index is 12.2. The molecule has 1 fully saturated rings. The third-order valence-electron chi connectivity index (χ3n) is 4.73. The van der Waals surface area contributed by atoms with Gasteiger partial charge in [-0.2, -0.15) is 0 Å². The first kappa shape index (κ1) is 18.5. The Kier molecular flexibility index (Phi) is 6.01. The first-order valence-electron chi connectivity index (χ1n) is 8.96. The van der Waals surface area contributed by atoms with E-state index in [9.17, 15) is 4.79 Å². The number of amides is 2. The van der Waals surface area contributed by atoms with Gasteiger partial charge in [0.25, 0.3) is 0 Å². The van der Waals surface area contributed by atoms with Crippen molar-refractivity contribution in [2.75, 3.05) is 48.3 Å². The predicted octanol–water partition coefficient (Wildman–Crippen LogP) is 4.43. The van der Waals surface area contributed by atoms with Crippen molar-refractivity contribution in [3.05, 3.63) is 53.1 Å². The van der Waals surface area contributed by atoms with Gasteiger partial charge in [-0.3, -0.25) is 0 Å². The molecule has 2 amide bonds. The van der Waals surface area contributed by atoms with Crippen LogP contribution in [0.1, 0.15) is 12.5 Å². The average molecular weight is 373 g/mol. The number of carbonyl (C=O) groups is 1. The van der Waals surface area contributed by atoms with E-state index >= 15 is 0 Å². The summed E-state index contributed by atoms with van der Waals surface area (Å²) in [6, 6.07) is 13.0. The number of nitrogens with zero attached hydrogens (tertiary/aromatic N) is 2. The third-order valence-corrected chi connectivity index (χ3v) is 4.96. The molecule has 0 radical (unpaired) electrons. The number of carbonyl (C=O) groups excluding carboxylic acids is 1. The molecule has 1 aliphatic rings. The fourth-order valence-corrected chi connectivity index (χ4v) is 3.35. The van der Waals surface area contributed by atoms with Crippen LogP contribution in [-0.4, -0.2) is 43.7 Å². The Morgan fingerprint density at radius 1 is 1.08 bits per heavy atom. The van der Waals surface area contributed by atoms with Crippen molar-refractivity contribution in [1.82, 2.24) is 4.90 Å². The number of nitrogens with one attached hydrogen (secondary N) is 2. The van der Waals surface area contributed by atoms with E-state index in [2.05, 4.69) is 39.5 Å². The van der Waals surface area contributed by atoms with Gasteiger partial charge in [-0.15, -0.1) is 0 Å². The smallest absolute Gasteiger partial charge is 0.323 e. The number of rotatable bonds is 4. The summed E-state index contributed by atoms with van der Waals surface area (Å²) >= 11 is 5.94. The van der Waals surface area contributed by atoms with Crippen molar-refractivity contribution < 1.29 is 4.79 Å². The molecule has 0 aliphatic carbocycles. The van der Waals surface area contributed by atoms with Crippen LogP contribution in [0.5, 0.6) is 0 Å². The fourth-order valence-electron chi connectivity index (χ4n) is 3.16. The Morgan fingerprint density at radius 2 is 1.85 bits per heavy atom. The summed E-state index contributed by atoms with van der Waals surface area (Å²) in [5, 5.41) is 6.29. The molecule has 3 rings (SSSR count). The summed E-state index contributed by atoms with van der Waals surface area (Å²) in [6.07, 6.45) is 0. The predicted molar refractivity (Wildman–Crippen MR) is 110 cm³/mol. The molecule has 2 aromatic rings. The van der Waals surface area contributed by atoms with Crippen LogP contribution in [0.25, 0.3) is 0 Å². The number of anilines is 3. The maximum absolute atomic E-state index is 12.2. The molecule has 1 aliphatic heterocycles. The lowest BCUT2D eigenvalue weighted by molar-refractivity contribution is 0.262. The summed E-state index contributed by atoms with van der Waals surface area (Å²) in [6.45, 7) is 9.59. The molecule has 6 heteroatoms. The van der Waals surface area contributed by atoms with E-state index in [1.165, 1.54) is 5.69 Å². The van der Waals surface area contributed by atoms with E-state index in [0.717, 1.165) is 44.0 Å². The molecule has 5 nitrogen and oxygen atoms in total. The minimum atomic E-state index is -0.278. The van der Waals surface area contributed by atoms with Gasteiger partial charge in [0.2, 0.25) is 0 Å². The molecule has 2 aromatic carbocycles. The van der Waals surface area contributed by atoms with Crippen molar-refractivity contribution in [3.8, 4) is 0 Å². The highest BCUT2D eigenvalue weighted by molar-refractivity contribution is 6.30. The molecule has 1 saturated heterocycles. The minimum Gasteiger partial charge on any atom is -0.369 e. The van der Waals surface area contributed by atoms with Gasteiger partial charge >= 0.3 is 6.03 Å². The van der Waals surface area contributed by atoms with Crippen LogP contribution in [-0.2, 0) is 0 Å².